The van der Waals surface area contributed by atoms with Crippen molar-refractivity contribution in [2.45, 2.75) is 18.9 Å². The molecule has 0 radical (unpaired) electrons. The Balaban J connectivity index is 1.83. The van der Waals surface area contributed by atoms with Crippen LogP contribution in [0.15, 0.2) is 18.3 Å². The Morgan fingerprint density at radius 1 is 1.31 bits per heavy atom. The molecule has 1 aliphatic carbocycles. The Morgan fingerprint density at radius 2 is 2.00 bits per heavy atom. The molecule has 1 aliphatic heterocycles. The molecule has 0 amide bonds. The summed E-state index contributed by atoms with van der Waals surface area (Å²) in [5.74, 6) is 1.32. The average molecular weight is 238 g/mol. The van der Waals surface area contributed by atoms with Crippen molar-refractivity contribution >= 4 is 17.3 Å². The molecule has 2 fully saturated rings. The zero-order valence-electron chi connectivity index (χ0n) is 9.14. The minimum Gasteiger partial charge on any atom is -0.371 e. The van der Waals surface area contributed by atoms with E-state index in [0.29, 0.717) is 23.0 Å². The molecule has 1 aromatic heterocycles. The number of nitrogens with two attached hydrogens (primary N) is 1. The van der Waals surface area contributed by atoms with E-state index in [-0.39, 0.29) is 0 Å². The van der Waals surface area contributed by atoms with Gasteiger partial charge in [-0.05, 0) is 36.8 Å². The molecular formula is C12H16ClN3. The van der Waals surface area contributed by atoms with Crippen LogP contribution >= 0.6 is 11.6 Å². The lowest BCUT2D eigenvalue weighted by molar-refractivity contribution is 0.356. The Hall–Kier alpha value is -0.800. The van der Waals surface area contributed by atoms with Gasteiger partial charge < -0.3 is 10.6 Å². The summed E-state index contributed by atoms with van der Waals surface area (Å²) in [6.07, 6.45) is 4.33. The average Bonchev–Trinajstić information content (AvgIpc) is 2.53. The number of hydrogen-bond acceptors (Lipinski definition) is 3. The first-order valence-electron chi connectivity index (χ1n) is 5.86. The van der Waals surface area contributed by atoms with Gasteiger partial charge in [0, 0.05) is 31.0 Å². The van der Waals surface area contributed by atoms with E-state index in [1.807, 2.05) is 12.1 Å². The summed E-state index contributed by atoms with van der Waals surface area (Å²) >= 11 is 5.92. The SMILES string of the molecule is N[C@@H]1[C@@H]2CC[C@H]1CN(c1ccnc(Cl)c1)C2. The smallest absolute Gasteiger partial charge is 0.131 e. The summed E-state index contributed by atoms with van der Waals surface area (Å²) in [6.45, 7) is 2.13. The molecule has 3 atom stereocenters. The van der Waals surface area contributed by atoms with Gasteiger partial charge in [-0.1, -0.05) is 11.6 Å². The highest BCUT2D eigenvalue weighted by molar-refractivity contribution is 6.29. The normalized spacial score (nSPS) is 33.1. The van der Waals surface area contributed by atoms with Gasteiger partial charge in [-0.2, -0.15) is 0 Å². The van der Waals surface area contributed by atoms with E-state index in [0.717, 1.165) is 13.1 Å². The second-order valence-corrected chi connectivity index (χ2v) is 5.30. The lowest BCUT2D eigenvalue weighted by atomic mass is 9.93. The number of nitrogens with zero attached hydrogens (tertiary/aromatic N) is 2. The van der Waals surface area contributed by atoms with Gasteiger partial charge in [-0.3, -0.25) is 0 Å². The molecule has 2 aliphatic rings. The highest BCUT2D eigenvalue weighted by Crippen LogP contribution is 2.37. The third kappa shape index (κ3) is 1.68. The molecule has 0 spiro atoms. The highest BCUT2D eigenvalue weighted by atomic mass is 35.5. The molecule has 2 heterocycles. The van der Waals surface area contributed by atoms with Crippen LogP contribution in [0.1, 0.15) is 12.8 Å². The summed E-state index contributed by atoms with van der Waals surface area (Å²) in [5, 5.41) is 0.569. The number of anilines is 1. The second kappa shape index (κ2) is 3.90. The van der Waals surface area contributed by atoms with E-state index >= 15 is 0 Å². The molecule has 1 aromatic rings. The standard InChI is InChI=1S/C12H16ClN3/c13-11-5-10(3-4-15-11)16-6-8-1-2-9(7-16)12(8)14/h3-5,8-9,12H,1-2,6-7,14H2/t8-,9+,12-. The fourth-order valence-corrected chi connectivity index (χ4v) is 3.23. The summed E-state index contributed by atoms with van der Waals surface area (Å²) < 4.78 is 0. The molecule has 1 saturated heterocycles. The number of piperidine rings is 1. The van der Waals surface area contributed by atoms with Crippen molar-refractivity contribution in [2.24, 2.45) is 17.6 Å². The first kappa shape index (κ1) is 10.4. The van der Waals surface area contributed by atoms with E-state index in [9.17, 15) is 0 Å². The maximum absolute atomic E-state index is 6.19. The Labute approximate surface area is 101 Å². The molecule has 86 valence electrons. The van der Waals surface area contributed by atoms with Gasteiger partial charge in [-0.25, -0.2) is 4.98 Å². The van der Waals surface area contributed by atoms with E-state index < -0.39 is 0 Å². The number of aromatic nitrogens is 1. The Bertz CT molecular complexity index is 382. The van der Waals surface area contributed by atoms with Crippen LogP contribution in [-0.2, 0) is 0 Å². The number of fused-ring (bicyclic) bond motifs is 2. The van der Waals surface area contributed by atoms with Crippen molar-refractivity contribution in [2.75, 3.05) is 18.0 Å². The van der Waals surface area contributed by atoms with Crippen molar-refractivity contribution in [3.63, 3.8) is 0 Å². The van der Waals surface area contributed by atoms with E-state index in [2.05, 4.69) is 9.88 Å². The minimum absolute atomic E-state index is 0.411. The molecule has 16 heavy (non-hydrogen) atoms. The van der Waals surface area contributed by atoms with Crippen LogP contribution in [0.3, 0.4) is 0 Å². The molecule has 1 saturated carbocycles. The van der Waals surface area contributed by atoms with Gasteiger partial charge in [0.1, 0.15) is 5.15 Å². The van der Waals surface area contributed by atoms with Crippen molar-refractivity contribution < 1.29 is 0 Å². The van der Waals surface area contributed by atoms with Crippen molar-refractivity contribution in [3.8, 4) is 0 Å². The number of hydrogen-bond donors (Lipinski definition) is 1. The van der Waals surface area contributed by atoms with Gasteiger partial charge in [-0.15, -0.1) is 0 Å². The monoisotopic (exact) mass is 237 g/mol. The predicted molar refractivity (Wildman–Crippen MR) is 65.6 cm³/mol. The van der Waals surface area contributed by atoms with Crippen molar-refractivity contribution in [3.05, 3.63) is 23.5 Å². The first-order chi connectivity index (χ1) is 7.74. The Kier molecular flexibility index (Phi) is 2.52. The third-order valence-corrected chi connectivity index (χ3v) is 4.19. The summed E-state index contributed by atoms with van der Waals surface area (Å²) in [7, 11) is 0. The van der Waals surface area contributed by atoms with E-state index in [4.69, 9.17) is 17.3 Å². The quantitative estimate of drug-likeness (QED) is 0.759. The first-order valence-corrected chi connectivity index (χ1v) is 6.24. The van der Waals surface area contributed by atoms with Crippen LogP contribution in [-0.4, -0.2) is 24.1 Å². The maximum Gasteiger partial charge on any atom is 0.131 e. The highest BCUT2D eigenvalue weighted by Gasteiger charge is 2.39. The summed E-state index contributed by atoms with van der Waals surface area (Å²) in [4.78, 5) is 6.42. The lowest BCUT2D eigenvalue weighted by Gasteiger charge is -2.37. The Morgan fingerprint density at radius 3 is 2.62 bits per heavy atom. The zero-order chi connectivity index (χ0) is 11.1. The number of pyridine rings is 1. The molecule has 2 bridgehead atoms. The zero-order valence-corrected chi connectivity index (χ0v) is 9.90. The topological polar surface area (TPSA) is 42.1 Å². The third-order valence-electron chi connectivity index (χ3n) is 3.98. The molecule has 0 unspecified atom stereocenters. The van der Waals surface area contributed by atoms with Crippen LogP contribution < -0.4 is 10.6 Å². The minimum atomic E-state index is 0.411. The molecular weight excluding hydrogens is 222 g/mol. The van der Waals surface area contributed by atoms with Crippen molar-refractivity contribution in [1.29, 1.82) is 0 Å². The molecule has 0 aromatic carbocycles. The van der Waals surface area contributed by atoms with Gasteiger partial charge in [0.25, 0.3) is 0 Å². The van der Waals surface area contributed by atoms with Crippen LogP contribution in [0.4, 0.5) is 5.69 Å². The maximum atomic E-state index is 6.19. The number of rotatable bonds is 1. The van der Waals surface area contributed by atoms with Gasteiger partial charge in [0.2, 0.25) is 0 Å². The second-order valence-electron chi connectivity index (χ2n) is 4.92. The fraction of sp³-hybridized carbons (Fsp3) is 0.583. The van der Waals surface area contributed by atoms with Gasteiger partial charge >= 0.3 is 0 Å². The van der Waals surface area contributed by atoms with Crippen LogP contribution in [0, 0.1) is 11.8 Å². The predicted octanol–water partition coefficient (Wildman–Crippen LogP) is 1.91. The summed E-state index contributed by atoms with van der Waals surface area (Å²) in [5.41, 5.74) is 7.37. The molecule has 3 rings (SSSR count). The molecule has 3 nitrogen and oxygen atoms in total. The van der Waals surface area contributed by atoms with Gasteiger partial charge in [0.05, 0.1) is 0 Å². The van der Waals surface area contributed by atoms with E-state index in [1.165, 1.54) is 18.5 Å². The van der Waals surface area contributed by atoms with Gasteiger partial charge in [0.15, 0.2) is 0 Å². The molecule has 2 N–H and O–H groups in total. The largest absolute Gasteiger partial charge is 0.371 e. The fourth-order valence-electron chi connectivity index (χ4n) is 3.06. The van der Waals surface area contributed by atoms with Crippen molar-refractivity contribution in [1.82, 2.24) is 4.98 Å². The van der Waals surface area contributed by atoms with Crippen LogP contribution in [0.25, 0.3) is 0 Å². The summed E-state index contributed by atoms with van der Waals surface area (Å²) in [6, 6.07) is 4.38. The van der Waals surface area contributed by atoms with E-state index in [1.54, 1.807) is 6.20 Å². The van der Waals surface area contributed by atoms with Crippen LogP contribution in [0.5, 0.6) is 0 Å². The number of halogens is 1. The lowest BCUT2D eigenvalue weighted by Crippen LogP contribution is -2.48. The molecule has 4 heteroatoms. The van der Waals surface area contributed by atoms with Crippen LogP contribution in [0.2, 0.25) is 5.15 Å².